The zero-order valence-electron chi connectivity index (χ0n) is 9.67. The molecule has 0 atom stereocenters. The molecule has 0 radical (unpaired) electrons. The van der Waals surface area contributed by atoms with Crippen LogP contribution in [0.3, 0.4) is 0 Å². The van der Waals surface area contributed by atoms with Crippen LogP contribution in [0, 0.1) is 19.7 Å². The van der Waals surface area contributed by atoms with Crippen molar-refractivity contribution in [2.45, 2.75) is 13.8 Å². The highest BCUT2D eigenvalue weighted by Gasteiger charge is 2.10. The summed E-state index contributed by atoms with van der Waals surface area (Å²) in [5.41, 5.74) is 2.38. The van der Waals surface area contributed by atoms with Crippen LogP contribution in [0.5, 0.6) is 0 Å². The van der Waals surface area contributed by atoms with Gasteiger partial charge >= 0.3 is 0 Å². The monoisotopic (exact) mass is 232 g/mol. The number of anilines is 1. The molecular weight excluding hydrogens is 219 g/mol. The number of hydrogen-bond acceptors (Lipinski definition) is 1. The fourth-order valence-electron chi connectivity index (χ4n) is 1.54. The van der Waals surface area contributed by atoms with E-state index < -0.39 is 5.82 Å². The van der Waals surface area contributed by atoms with E-state index in [9.17, 15) is 9.18 Å². The molecule has 2 aromatic rings. The molecule has 17 heavy (non-hydrogen) atoms. The van der Waals surface area contributed by atoms with Crippen LogP contribution in [0.4, 0.5) is 10.1 Å². The molecule has 88 valence electrons. The van der Waals surface area contributed by atoms with Crippen LogP contribution < -0.4 is 5.32 Å². The van der Waals surface area contributed by atoms with Gasteiger partial charge in [-0.1, -0.05) is 6.07 Å². The van der Waals surface area contributed by atoms with E-state index in [4.69, 9.17) is 0 Å². The summed E-state index contributed by atoms with van der Waals surface area (Å²) in [5, 5.41) is 2.52. The third kappa shape index (κ3) is 2.53. The number of aromatic amines is 1. The number of benzene rings is 1. The van der Waals surface area contributed by atoms with E-state index in [2.05, 4.69) is 10.3 Å². The molecule has 1 aromatic heterocycles. The summed E-state index contributed by atoms with van der Waals surface area (Å²) in [5.74, 6) is -0.775. The highest BCUT2D eigenvalue weighted by molar-refractivity contribution is 6.03. The maximum atomic E-state index is 13.5. The van der Waals surface area contributed by atoms with Gasteiger partial charge in [-0.3, -0.25) is 4.79 Å². The minimum atomic E-state index is -0.429. The maximum Gasteiger partial charge on any atom is 0.272 e. The summed E-state index contributed by atoms with van der Waals surface area (Å²) in [4.78, 5) is 14.6. The van der Waals surface area contributed by atoms with Crippen molar-refractivity contribution >= 4 is 11.6 Å². The van der Waals surface area contributed by atoms with Crippen molar-refractivity contribution in [3.05, 3.63) is 53.1 Å². The number of hydrogen-bond donors (Lipinski definition) is 2. The van der Waals surface area contributed by atoms with Gasteiger partial charge in [0.1, 0.15) is 11.5 Å². The molecule has 1 heterocycles. The second-order valence-electron chi connectivity index (χ2n) is 4.03. The molecule has 0 bridgehead atoms. The molecule has 3 nitrogen and oxygen atoms in total. The third-order valence-corrected chi connectivity index (χ3v) is 2.44. The summed E-state index contributed by atoms with van der Waals surface area (Å²) in [6.45, 7) is 3.67. The Hall–Kier alpha value is -2.10. The molecule has 0 fully saturated rings. The van der Waals surface area contributed by atoms with Crippen molar-refractivity contribution in [2.24, 2.45) is 0 Å². The molecule has 4 heteroatoms. The fraction of sp³-hybridized carbons (Fsp3) is 0.154. The van der Waals surface area contributed by atoms with E-state index in [1.807, 2.05) is 6.92 Å². The molecule has 1 aromatic carbocycles. The van der Waals surface area contributed by atoms with Gasteiger partial charge in [0.05, 0.1) is 5.69 Å². The molecule has 0 aliphatic rings. The first-order chi connectivity index (χ1) is 8.06. The van der Waals surface area contributed by atoms with Crippen LogP contribution in [0.25, 0.3) is 0 Å². The molecule has 0 aliphatic carbocycles. The maximum absolute atomic E-state index is 13.5. The molecule has 2 rings (SSSR count). The van der Waals surface area contributed by atoms with Crippen LogP contribution in [-0.2, 0) is 0 Å². The van der Waals surface area contributed by atoms with Gasteiger partial charge in [0.25, 0.3) is 5.91 Å². The molecule has 0 aliphatic heterocycles. The van der Waals surface area contributed by atoms with Crippen molar-refractivity contribution in [2.75, 3.05) is 5.32 Å². The van der Waals surface area contributed by atoms with E-state index in [1.54, 1.807) is 31.3 Å². The number of aromatic nitrogens is 1. The quantitative estimate of drug-likeness (QED) is 0.821. The second kappa shape index (κ2) is 4.41. The lowest BCUT2D eigenvalue weighted by atomic mass is 10.2. The van der Waals surface area contributed by atoms with E-state index >= 15 is 0 Å². The standard InChI is InChI=1S/C13H13FN2O/c1-8-3-4-11(10(14)5-8)16-13(17)12-6-9(2)7-15-12/h3-7,15H,1-2H3,(H,16,17). The van der Waals surface area contributed by atoms with Gasteiger partial charge in [0.2, 0.25) is 0 Å². The summed E-state index contributed by atoms with van der Waals surface area (Å²) in [6.07, 6.45) is 1.72. The zero-order chi connectivity index (χ0) is 12.4. The normalized spacial score (nSPS) is 10.3. The summed E-state index contributed by atoms with van der Waals surface area (Å²) in [7, 11) is 0. The van der Waals surface area contributed by atoms with Crippen molar-refractivity contribution < 1.29 is 9.18 Å². The van der Waals surface area contributed by atoms with E-state index in [0.29, 0.717) is 5.69 Å². The number of carbonyl (C=O) groups is 1. The molecule has 0 unspecified atom stereocenters. The lowest BCUT2D eigenvalue weighted by Gasteiger charge is -2.05. The first kappa shape index (κ1) is 11.4. The van der Waals surface area contributed by atoms with Crippen LogP contribution in [0.2, 0.25) is 0 Å². The van der Waals surface area contributed by atoms with E-state index in [1.165, 1.54) is 6.07 Å². The van der Waals surface area contributed by atoms with Gasteiger partial charge < -0.3 is 10.3 Å². The number of amides is 1. The number of nitrogens with one attached hydrogen (secondary N) is 2. The number of halogens is 1. The highest BCUT2D eigenvalue weighted by atomic mass is 19.1. The Labute approximate surface area is 98.7 Å². The lowest BCUT2D eigenvalue weighted by Crippen LogP contribution is -2.13. The average Bonchev–Trinajstić information content (AvgIpc) is 2.69. The van der Waals surface area contributed by atoms with Gasteiger partial charge in [-0.15, -0.1) is 0 Å². The topological polar surface area (TPSA) is 44.9 Å². The Bertz CT molecular complexity index is 560. The van der Waals surface area contributed by atoms with Crippen molar-refractivity contribution in [3.63, 3.8) is 0 Å². The average molecular weight is 232 g/mol. The number of carbonyl (C=O) groups excluding carboxylic acids is 1. The van der Waals surface area contributed by atoms with Crippen molar-refractivity contribution in [1.82, 2.24) is 4.98 Å². The van der Waals surface area contributed by atoms with Gasteiger partial charge in [0.15, 0.2) is 0 Å². The largest absolute Gasteiger partial charge is 0.357 e. The Morgan fingerprint density at radius 3 is 2.59 bits per heavy atom. The molecule has 0 saturated carbocycles. The summed E-state index contributed by atoms with van der Waals surface area (Å²) < 4.78 is 13.5. The Balaban J connectivity index is 2.18. The zero-order valence-corrected chi connectivity index (χ0v) is 9.67. The number of aryl methyl sites for hydroxylation is 2. The van der Waals surface area contributed by atoms with Gasteiger partial charge in [-0.25, -0.2) is 4.39 Å². The SMILES string of the molecule is Cc1c[nH]c(C(=O)Nc2ccc(C)cc2F)c1. The van der Waals surface area contributed by atoms with Crippen molar-refractivity contribution in [1.29, 1.82) is 0 Å². The lowest BCUT2D eigenvalue weighted by molar-refractivity contribution is 0.102. The van der Waals surface area contributed by atoms with Crippen LogP contribution >= 0.6 is 0 Å². The molecule has 2 N–H and O–H groups in total. The minimum absolute atomic E-state index is 0.188. The minimum Gasteiger partial charge on any atom is -0.357 e. The van der Waals surface area contributed by atoms with E-state index in [0.717, 1.165) is 11.1 Å². The Morgan fingerprint density at radius 2 is 2.00 bits per heavy atom. The van der Waals surface area contributed by atoms with Crippen LogP contribution in [-0.4, -0.2) is 10.9 Å². The molecule has 0 saturated heterocycles. The summed E-state index contributed by atoms with van der Waals surface area (Å²) >= 11 is 0. The van der Waals surface area contributed by atoms with Gasteiger partial charge in [-0.2, -0.15) is 0 Å². The molecule has 0 spiro atoms. The van der Waals surface area contributed by atoms with Crippen LogP contribution in [0.1, 0.15) is 21.6 Å². The Morgan fingerprint density at radius 1 is 1.24 bits per heavy atom. The summed E-state index contributed by atoms with van der Waals surface area (Å²) in [6, 6.07) is 6.40. The Kier molecular flexibility index (Phi) is 2.95. The molecular formula is C13H13FN2O. The van der Waals surface area contributed by atoms with Crippen LogP contribution in [0.15, 0.2) is 30.5 Å². The number of rotatable bonds is 2. The fourth-order valence-corrected chi connectivity index (χ4v) is 1.54. The smallest absolute Gasteiger partial charge is 0.272 e. The molecule has 1 amide bonds. The second-order valence-corrected chi connectivity index (χ2v) is 4.03. The highest BCUT2D eigenvalue weighted by Crippen LogP contribution is 2.16. The van der Waals surface area contributed by atoms with Crippen molar-refractivity contribution in [3.8, 4) is 0 Å². The van der Waals surface area contributed by atoms with Gasteiger partial charge in [-0.05, 0) is 43.2 Å². The first-order valence-electron chi connectivity index (χ1n) is 5.29. The van der Waals surface area contributed by atoms with Gasteiger partial charge in [0, 0.05) is 6.20 Å². The third-order valence-electron chi connectivity index (χ3n) is 2.44. The number of H-pyrrole nitrogens is 1. The van der Waals surface area contributed by atoms with E-state index in [-0.39, 0.29) is 11.6 Å². The predicted octanol–water partition coefficient (Wildman–Crippen LogP) is 3.02. The first-order valence-corrected chi connectivity index (χ1v) is 5.29. The predicted molar refractivity (Wildman–Crippen MR) is 64.6 cm³/mol.